The molecular formula is C21H36N6O6. The second kappa shape index (κ2) is 12.1. The van der Waals surface area contributed by atoms with Crippen LogP contribution in [0.25, 0.3) is 0 Å². The van der Waals surface area contributed by atoms with Crippen LogP contribution in [-0.4, -0.2) is 52.2 Å². The van der Waals surface area contributed by atoms with Crippen LogP contribution in [0.15, 0.2) is 9.41 Å². The Morgan fingerprint density at radius 1 is 1.21 bits per heavy atom. The molecule has 12 nitrogen and oxygen atoms in total. The lowest BCUT2D eigenvalue weighted by atomic mass is 10.0. The van der Waals surface area contributed by atoms with Crippen molar-refractivity contribution in [2.45, 2.75) is 78.5 Å². The van der Waals surface area contributed by atoms with Crippen LogP contribution < -0.4 is 22.1 Å². The summed E-state index contributed by atoms with van der Waals surface area (Å²) in [5.74, 6) is -1.47. The third-order valence-electron chi connectivity index (χ3n) is 4.27. The molecule has 0 aromatic carbocycles. The Morgan fingerprint density at radius 2 is 1.85 bits per heavy atom. The zero-order valence-electron chi connectivity index (χ0n) is 20.1. The normalized spacial score (nSPS) is 13.2. The van der Waals surface area contributed by atoms with Crippen molar-refractivity contribution in [3.8, 4) is 0 Å². The minimum Gasteiger partial charge on any atom is -0.480 e. The zero-order chi connectivity index (χ0) is 25.3. The summed E-state index contributed by atoms with van der Waals surface area (Å²) in [5.41, 5.74) is 9.76. The van der Waals surface area contributed by atoms with Crippen molar-refractivity contribution in [2.75, 3.05) is 6.54 Å². The van der Waals surface area contributed by atoms with E-state index >= 15 is 0 Å². The molecule has 33 heavy (non-hydrogen) atoms. The number of carbonyl (C=O) groups is 3. The van der Waals surface area contributed by atoms with Gasteiger partial charge in [-0.3, -0.25) is 9.79 Å². The molecule has 186 valence electrons. The number of carboxylic acids is 1. The Kier molecular flexibility index (Phi) is 10.1. The van der Waals surface area contributed by atoms with E-state index in [1.54, 1.807) is 27.7 Å². The lowest BCUT2D eigenvalue weighted by molar-refractivity contribution is -0.139. The highest BCUT2D eigenvalue weighted by atomic mass is 16.6. The predicted octanol–water partition coefficient (Wildman–Crippen LogP) is 1.83. The van der Waals surface area contributed by atoms with Crippen LogP contribution >= 0.6 is 0 Å². The van der Waals surface area contributed by atoms with Crippen molar-refractivity contribution in [1.29, 1.82) is 0 Å². The molecule has 2 atom stereocenters. The Morgan fingerprint density at radius 3 is 2.36 bits per heavy atom. The first kappa shape index (κ1) is 27.7. The van der Waals surface area contributed by atoms with Gasteiger partial charge in [0.15, 0.2) is 11.7 Å². The molecule has 2 amide bonds. The molecular weight excluding hydrogens is 432 g/mol. The van der Waals surface area contributed by atoms with E-state index in [9.17, 15) is 19.5 Å². The number of aromatic nitrogens is 1. The summed E-state index contributed by atoms with van der Waals surface area (Å²) in [6, 6.07) is -1.78. The standard InChI is InChI=1S/C21H36N6O6/c1-11(2)10-14(26-20(31)33-21(4,5)6)17-27-15(12(3)32-17)16(28)25-13(18(29)30)8-7-9-24-19(22)23/h11,13-14H,7-10H2,1-6H3,(H,25,28)(H,26,31)(H,29,30)(H4,22,23,24)/t13-,14-/m0/s1. The summed E-state index contributed by atoms with van der Waals surface area (Å²) < 4.78 is 11.0. The summed E-state index contributed by atoms with van der Waals surface area (Å²) >= 11 is 0. The molecule has 0 spiro atoms. The highest BCUT2D eigenvalue weighted by Gasteiger charge is 2.29. The van der Waals surface area contributed by atoms with E-state index in [-0.39, 0.29) is 42.2 Å². The molecule has 0 saturated carbocycles. The molecule has 0 aliphatic rings. The van der Waals surface area contributed by atoms with Crippen LogP contribution in [0.3, 0.4) is 0 Å². The number of nitrogens with one attached hydrogen (secondary N) is 2. The molecule has 0 aliphatic heterocycles. The van der Waals surface area contributed by atoms with Crippen molar-refractivity contribution in [1.82, 2.24) is 15.6 Å². The second-order valence-corrected chi connectivity index (χ2v) is 9.10. The Hall–Kier alpha value is -3.31. The minimum atomic E-state index is -1.20. The van der Waals surface area contributed by atoms with Crippen LogP contribution in [-0.2, 0) is 9.53 Å². The van der Waals surface area contributed by atoms with Crippen molar-refractivity contribution in [2.24, 2.45) is 22.4 Å². The summed E-state index contributed by atoms with van der Waals surface area (Å²) in [6.45, 7) is 11.0. The van der Waals surface area contributed by atoms with E-state index < -0.39 is 35.7 Å². The molecule has 1 aromatic heterocycles. The molecule has 1 rings (SSSR count). The zero-order valence-corrected chi connectivity index (χ0v) is 20.1. The average molecular weight is 469 g/mol. The maximum atomic E-state index is 12.7. The highest BCUT2D eigenvalue weighted by Crippen LogP contribution is 2.24. The number of oxazole rings is 1. The highest BCUT2D eigenvalue weighted by molar-refractivity contribution is 5.95. The van der Waals surface area contributed by atoms with E-state index in [1.165, 1.54) is 0 Å². The number of ether oxygens (including phenoxy) is 1. The third kappa shape index (κ3) is 10.2. The molecule has 0 radical (unpaired) electrons. The number of alkyl carbamates (subject to hydrolysis) is 1. The number of rotatable bonds is 11. The Balaban J connectivity index is 2.97. The fourth-order valence-electron chi connectivity index (χ4n) is 2.91. The van der Waals surface area contributed by atoms with Gasteiger partial charge in [0.1, 0.15) is 23.4 Å². The van der Waals surface area contributed by atoms with Gasteiger partial charge in [-0.1, -0.05) is 13.8 Å². The van der Waals surface area contributed by atoms with Crippen LogP contribution in [0.2, 0.25) is 0 Å². The van der Waals surface area contributed by atoms with Gasteiger partial charge in [0, 0.05) is 6.54 Å². The molecule has 0 saturated heterocycles. The summed E-state index contributed by atoms with van der Waals surface area (Å²) in [7, 11) is 0. The first-order valence-corrected chi connectivity index (χ1v) is 10.8. The average Bonchev–Trinajstić information content (AvgIpc) is 3.03. The maximum Gasteiger partial charge on any atom is 0.408 e. The number of aryl methyl sites for hydroxylation is 1. The van der Waals surface area contributed by atoms with Crippen LogP contribution in [0, 0.1) is 12.8 Å². The van der Waals surface area contributed by atoms with Crippen molar-refractivity contribution in [3.63, 3.8) is 0 Å². The monoisotopic (exact) mass is 468 g/mol. The van der Waals surface area contributed by atoms with Crippen molar-refractivity contribution >= 4 is 23.9 Å². The number of carbonyl (C=O) groups excluding carboxylic acids is 2. The number of aliphatic imine (C=N–C) groups is 1. The molecule has 7 N–H and O–H groups in total. The van der Waals surface area contributed by atoms with Gasteiger partial charge in [0.25, 0.3) is 5.91 Å². The van der Waals surface area contributed by atoms with E-state index in [1.807, 2.05) is 13.8 Å². The van der Waals surface area contributed by atoms with E-state index in [4.69, 9.17) is 20.6 Å². The topological polar surface area (TPSA) is 195 Å². The molecule has 0 fully saturated rings. The number of hydrogen-bond donors (Lipinski definition) is 5. The van der Waals surface area contributed by atoms with Gasteiger partial charge in [-0.2, -0.15) is 0 Å². The number of hydrogen-bond acceptors (Lipinski definition) is 7. The molecule has 0 bridgehead atoms. The van der Waals surface area contributed by atoms with Gasteiger partial charge >= 0.3 is 12.1 Å². The number of nitrogens with two attached hydrogens (primary N) is 2. The summed E-state index contributed by atoms with van der Waals surface area (Å²) in [5, 5.41) is 14.6. The minimum absolute atomic E-state index is 0.0554. The summed E-state index contributed by atoms with van der Waals surface area (Å²) in [4.78, 5) is 44.6. The van der Waals surface area contributed by atoms with Crippen molar-refractivity contribution in [3.05, 3.63) is 17.3 Å². The maximum absolute atomic E-state index is 12.7. The largest absolute Gasteiger partial charge is 0.480 e. The van der Waals surface area contributed by atoms with Crippen molar-refractivity contribution < 1.29 is 28.6 Å². The number of carboxylic acid groups (broad SMARTS) is 1. The first-order valence-electron chi connectivity index (χ1n) is 10.8. The molecule has 1 aromatic rings. The van der Waals surface area contributed by atoms with Gasteiger partial charge in [-0.25, -0.2) is 14.6 Å². The predicted molar refractivity (Wildman–Crippen MR) is 122 cm³/mol. The van der Waals surface area contributed by atoms with Crippen LogP contribution in [0.1, 0.15) is 82.1 Å². The fourth-order valence-corrected chi connectivity index (χ4v) is 2.91. The van der Waals surface area contributed by atoms with Crippen LogP contribution in [0.5, 0.6) is 0 Å². The van der Waals surface area contributed by atoms with E-state index in [0.29, 0.717) is 12.8 Å². The van der Waals surface area contributed by atoms with E-state index in [2.05, 4.69) is 20.6 Å². The smallest absolute Gasteiger partial charge is 0.408 e. The summed E-state index contributed by atoms with van der Waals surface area (Å²) in [6.07, 6.45) is 0.330. The Bertz CT molecular complexity index is 854. The lowest BCUT2D eigenvalue weighted by Crippen LogP contribution is -2.41. The lowest BCUT2D eigenvalue weighted by Gasteiger charge is -2.23. The SMILES string of the molecule is Cc1oc([C@H](CC(C)C)NC(=O)OC(C)(C)C)nc1C(=O)N[C@@H](CCCN=C(N)N)C(=O)O. The van der Waals surface area contributed by atoms with Gasteiger partial charge in [0.05, 0.1) is 0 Å². The number of aliphatic carboxylic acids is 1. The molecule has 0 unspecified atom stereocenters. The molecule has 1 heterocycles. The number of amides is 2. The van der Waals surface area contributed by atoms with Gasteiger partial charge in [0.2, 0.25) is 5.89 Å². The quantitative estimate of drug-likeness (QED) is 0.183. The number of guanidine groups is 1. The molecule has 0 aliphatic carbocycles. The number of nitrogens with zero attached hydrogens (tertiary/aromatic N) is 2. The van der Waals surface area contributed by atoms with E-state index in [0.717, 1.165) is 0 Å². The second-order valence-electron chi connectivity index (χ2n) is 9.10. The van der Waals surface area contributed by atoms with Gasteiger partial charge in [-0.05, 0) is 52.9 Å². The fraction of sp³-hybridized carbons (Fsp3) is 0.667. The van der Waals surface area contributed by atoms with Gasteiger partial charge < -0.3 is 36.4 Å². The van der Waals surface area contributed by atoms with Gasteiger partial charge in [-0.15, -0.1) is 0 Å². The van der Waals surface area contributed by atoms with Crippen LogP contribution in [0.4, 0.5) is 4.79 Å². The molecule has 12 heteroatoms. The third-order valence-corrected chi connectivity index (χ3v) is 4.27. The first-order chi connectivity index (χ1) is 15.2. The Labute approximate surface area is 193 Å².